The quantitative estimate of drug-likeness (QED) is 0.567. The smallest absolute Gasteiger partial charge is 0.244 e. The molecule has 0 fully saturated rings. The van der Waals surface area contributed by atoms with Gasteiger partial charge in [-0.05, 0) is 24.1 Å². The fraction of sp³-hybridized carbons (Fsp3) is 0.250. The molecule has 0 radical (unpaired) electrons. The third-order valence-electron chi connectivity index (χ3n) is 3.43. The van der Waals surface area contributed by atoms with Gasteiger partial charge in [0.15, 0.2) is 0 Å². The molecule has 0 spiro atoms. The Kier molecular flexibility index (Phi) is 7.57. The van der Waals surface area contributed by atoms with Crippen LogP contribution >= 0.6 is 0 Å². The van der Waals surface area contributed by atoms with E-state index in [2.05, 4.69) is 5.32 Å². The van der Waals surface area contributed by atoms with Gasteiger partial charge in [-0.3, -0.25) is 4.79 Å². The molecular formula is C20H23NO3. The van der Waals surface area contributed by atoms with Crippen LogP contribution in [0.15, 0.2) is 60.7 Å². The maximum absolute atomic E-state index is 11.8. The van der Waals surface area contributed by atoms with Crippen LogP contribution in [0.25, 0.3) is 6.08 Å². The van der Waals surface area contributed by atoms with Crippen LogP contribution in [-0.4, -0.2) is 26.2 Å². The molecule has 0 aliphatic rings. The SMILES string of the molecule is COc1ccccc1C=CC(=O)NCCCOCc1ccccc1. The van der Waals surface area contributed by atoms with Gasteiger partial charge in [-0.1, -0.05) is 48.5 Å². The first-order valence-corrected chi connectivity index (χ1v) is 8.00. The van der Waals surface area contributed by atoms with E-state index < -0.39 is 0 Å². The monoisotopic (exact) mass is 325 g/mol. The Labute approximate surface area is 143 Å². The van der Waals surface area contributed by atoms with E-state index >= 15 is 0 Å². The minimum Gasteiger partial charge on any atom is -0.496 e. The molecule has 4 nitrogen and oxygen atoms in total. The minimum atomic E-state index is -0.121. The van der Waals surface area contributed by atoms with E-state index in [4.69, 9.17) is 9.47 Å². The van der Waals surface area contributed by atoms with Crippen molar-refractivity contribution in [1.29, 1.82) is 0 Å². The van der Waals surface area contributed by atoms with Crippen LogP contribution in [0, 0.1) is 0 Å². The van der Waals surface area contributed by atoms with Gasteiger partial charge in [0.05, 0.1) is 13.7 Å². The third kappa shape index (κ3) is 6.26. The topological polar surface area (TPSA) is 47.6 Å². The Morgan fingerprint density at radius 3 is 2.62 bits per heavy atom. The molecule has 0 atom stereocenters. The molecular weight excluding hydrogens is 302 g/mol. The van der Waals surface area contributed by atoms with E-state index in [1.165, 1.54) is 6.08 Å². The third-order valence-corrected chi connectivity index (χ3v) is 3.43. The summed E-state index contributed by atoms with van der Waals surface area (Å²) in [7, 11) is 1.61. The predicted octanol–water partition coefficient (Wildman–Crippen LogP) is 3.43. The number of rotatable bonds is 9. The highest BCUT2D eigenvalue weighted by Crippen LogP contribution is 2.18. The molecule has 0 saturated heterocycles. The molecule has 0 aliphatic heterocycles. The summed E-state index contributed by atoms with van der Waals surface area (Å²) in [4.78, 5) is 11.8. The molecule has 0 aliphatic carbocycles. The number of nitrogens with one attached hydrogen (secondary N) is 1. The average molecular weight is 325 g/mol. The molecule has 126 valence electrons. The van der Waals surface area contributed by atoms with Crippen molar-refractivity contribution in [2.45, 2.75) is 13.0 Å². The van der Waals surface area contributed by atoms with Crippen LogP contribution in [0.4, 0.5) is 0 Å². The van der Waals surface area contributed by atoms with Gasteiger partial charge in [-0.15, -0.1) is 0 Å². The summed E-state index contributed by atoms with van der Waals surface area (Å²) in [6.07, 6.45) is 4.05. The molecule has 0 heterocycles. The fourth-order valence-electron chi connectivity index (χ4n) is 2.18. The lowest BCUT2D eigenvalue weighted by Crippen LogP contribution is -2.23. The van der Waals surface area contributed by atoms with Gasteiger partial charge in [-0.2, -0.15) is 0 Å². The second-order valence-electron chi connectivity index (χ2n) is 5.26. The van der Waals surface area contributed by atoms with Gasteiger partial charge >= 0.3 is 0 Å². The molecule has 1 N–H and O–H groups in total. The summed E-state index contributed by atoms with van der Waals surface area (Å²) < 4.78 is 10.8. The van der Waals surface area contributed by atoms with E-state index in [1.807, 2.05) is 54.6 Å². The van der Waals surface area contributed by atoms with Gasteiger partial charge in [0.25, 0.3) is 0 Å². The zero-order valence-electron chi connectivity index (χ0n) is 13.9. The Bertz CT molecular complexity index is 653. The zero-order valence-corrected chi connectivity index (χ0v) is 13.9. The van der Waals surface area contributed by atoms with Crippen LogP contribution in [0.3, 0.4) is 0 Å². The largest absolute Gasteiger partial charge is 0.496 e. The zero-order chi connectivity index (χ0) is 17.0. The summed E-state index contributed by atoms with van der Waals surface area (Å²) in [5.74, 6) is 0.625. The van der Waals surface area contributed by atoms with Crippen molar-refractivity contribution in [2.75, 3.05) is 20.3 Å². The minimum absolute atomic E-state index is 0.121. The van der Waals surface area contributed by atoms with Gasteiger partial charge < -0.3 is 14.8 Å². The van der Waals surface area contributed by atoms with Crippen molar-refractivity contribution in [2.24, 2.45) is 0 Å². The summed E-state index contributed by atoms with van der Waals surface area (Å²) in [6, 6.07) is 17.6. The molecule has 24 heavy (non-hydrogen) atoms. The van der Waals surface area contributed by atoms with Crippen LogP contribution in [0.1, 0.15) is 17.5 Å². The van der Waals surface area contributed by atoms with E-state index in [0.29, 0.717) is 19.8 Å². The van der Waals surface area contributed by atoms with Gasteiger partial charge in [-0.25, -0.2) is 0 Å². The Hall–Kier alpha value is -2.59. The van der Waals surface area contributed by atoms with Crippen molar-refractivity contribution < 1.29 is 14.3 Å². The first kappa shape index (κ1) is 17.8. The van der Waals surface area contributed by atoms with Crippen molar-refractivity contribution in [3.8, 4) is 5.75 Å². The van der Waals surface area contributed by atoms with Gasteiger partial charge in [0.2, 0.25) is 5.91 Å². The molecule has 0 aromatic heterocycles. The number of hydrogen-bond donors (Lipinski definition) is 1. The van der Waals surface area contributed by atoms with Crippen LogP contribution < -0.4 is 10.1 Å². The summed E-state index contributed by atoms with van der Waals surface area (Å²) in [6.45, 7) is 1.80. The normalized spacial score (nSPS) is 10.7. The van der Waals surface area contributed by atoms with Crippen LogP contribution in [-0.2, 0) is 16.1 Å². The molecule has 2 rings (SSSR count). The number of carbonyl (C=O) groups excluding carboxylic acids is 1. The first-order chi connectivity index (χ1) is 11.8. The lowest BCUT2D eigenvalue weighted by Gasteiger charge is -2.05. The maximum Gasteiger partial charge on any atom is 0.244 e. The number of hydrogen-bond acceptors (Lipinski definition) is 3. The van der Waals surface area contributed by atoms with Crippen molar-refractivity contribution in [1.82, 2.24) is 5.32 Å². The number of ether oxygens (including phenoxy) is 2. The average Bonchev–Trinajstić information content (AvgIpc) is 2.64. The number of methoxy groups -OCH3 is 1. The fourth-order valence-corrected chi connectivity index (χ4v) is 2.18. The highest BCUT2D eigenvalue weighted by molar-refractivity contribution is 5.92. The Morgan fingerprint density at radius 2 is 1.83 bits per heavy atom. The maximum atomic E-state index is 11.8. The highest BCUT2D eigenvalue weighted by atomic mass is 16.5. The van der Waals surface area contributed by atoms with E-state index in [0.717, 1.165) is 23.3 Å². The van der Waals surface area contributed by atoms with Gasteiger partial charge in [0, 0.05) is 24.8 Å². The summed E-state index contributed by atoms with van der Waals surface area (Å²) in [5.41, 5.74) is 2.03. The number of amides is 1. The lowest BCUT2D eigenvalue weighted by atomic mass is 10.2. The standard InChI is InChI=1S/C20H23NO3/c1-23-19-11-6-5-10-18(19)12-13-20(22)21-14-7-15-24-16-17-8-3-2-4-9-17/h2-6,8-13H,7,14-16H2,1H3,(H,21,22). The Balaban J connectivity index is 1.62. The molecule has 4 heteroatoms. The predicted molar refractivity (Wildman–Crippen MR) is 95.8 cm³/mol. The van der Waals surface area contributed by atoms with Crippen molar-refractivity contribution in [3.05, 3.63) is 71.8 Å². The summed E-state index contributed by atoms with van der Waals surface area (Å²) in [5, 5.41) is 2.84. The highest BCUT2D eigenvalue weighted by Gasteiger charge is 1.99. The molecule has 2 aromatic rings. The number of carbonyl (C=O) groups is 1. The second kappa shape index (κ2) is 10.2. The van der Waals surface area contributed by atoms with E-state index in [1.54, 1.807) is 13.2 Å². The summed E-state index contributed by atoms with van der Waals surface area (Å²) >= 11 is 0. The Morgan fingerprint density at radius 1 is 1.08 bits per heavy atom. The second-order valence-corrected chi connectivity index (χ2v) is 5.26. The molecule has 1 amide bonds. The van der Waals surface area contributed by atoms with Gasteiger partial charge in [0.1, 0.15) is 5.75 Å². The molecule has 0 unspecified atom stereocenters. The number of para-hydroxylation sites is 1. The molecule has 0 bridgehead atoms. The number of benzene rings is 2. The van der Waals surface area contributed by atoms with E-state index in [9.17, 15) is 4.79 Å². The van der Waals surface area contributed by atoms with E-state index in [-0.39, 0.29) is 5.91 Å². The first-order valence-electron chi connectivity index (χ1n) is 8.00. The molecule has 2 aromatic carbocycles. The molecule has 0 saturated carbocycles. The van der Waals surface area contributed by atoms with Crippen molar-refractivity contribution in [3.63, 3.8) is 0 Å². The van der Waals surface area contributed by atoms with Crippen molar-refractivity contribution >= 4 is 12.0 Å². The van der Waals surface area contributed by atoms with Crippen LogP contribution in [0.5, 0.6) is 5.75 Å². The van der Waals surface area contributed by atoms with Crippen LogP contribution in [0.2, 0.25) is 0 Å². The lowest BCUT2D eigenvalue weighted by molar-refractivity contribution is -0.116.